The number of hydrogen-bond donors (Lipinski definition) is 1. The monoisotopic (exact) mass is 261 g/mol. The summed E-state index contributed by atoms with van der Waals surface area (Å²) in [5.74, 6) is 0. The summed E-state index contributed by atoms with van der Waals surface area (Å²) in [7, 11) is 0. The van der Waals surface area contributed by atoms with Crippen LogP contribution >= 0.6 is 0 Å². The molecule has 0 saturated carbocycles. The Morgan fingerprint density at radius 2 is 2.11 bits per heavy atom. The van der Waals surface area contributed by atoms with Crippen LogP contribution in [0.2, 0.25) is 0 Å². The highest BCUT2D eigenvalue weighted by atomic mass is 16.5. The molecule has 2 heteroatoms. The quantitative estimate of drug-likeness (QED) is 0.620. The van der Waals surface area contributed by atoms with E-state index in [1.165, 1.54) is 36.8 Å². The van der Waals surface area contributed by atoms with E-state index in [0.717, 1.165) is 19.6 Å². The van der Waals surface area contributed by atoms with Crippen LogP contribution in [0, 0.1) is 0 Å². The van der Waals surface area contributed by atoms with Gasteiger partial charge in [-0.15, -0.1) is 0 Å². The van der Waals surface area contributed by atoms with Crippen molar-refractivity contribution in [3.63, 3.8) is 0 Å². The van der Waals surface area contributed by atoms with E-state index in [1.54, 1.807) is 0 Å². The second-order valence-corrected chi connectivity index (χ2v) is 5.72. The van der Waals surface area contributed by atoms with Gasteiger partial charge in [0.05, 0.1) is 6.10 Å². The molecular weight excluding hydrogens is 234 g/mol. The van der Waals surface area contributed by atoms with Crippen LogP contribution in [0.15, 0.2) is 24.3 Å². The van der Waals surface area contributed by atoms with Gasteiger partial charge >= 0.3 is 0 Å². The lowest BCUT2D eigenvalue weighted by Crippen LogP contribution is -2.24. The van der Waals surface area contributed by atoms with Gasteiger partial charge in [-0.05, 0) is 57.2 Å². The van der Waals surface area contributed by atoms with Gasteiger partial charge in [0.15, 0.2) is 0 Å². The van der Waals surface area contributed by atoms with Gasteiger partial charge in [0.2, 0.25) is 0 Å². The van der Waals surface area contributed by atoms with Crippen LogP contribution in [0.4, 0.5) is 0 Å². The van der Waals surface area contributed by atoms with Gasteiger partial charge in [-0.25, -0.2) is 0 Å². The van der Waals surface area contributed by atoms with Crippen molar-refractivity contribution in [1.29, 1.82) is 0 Å². The largest absolute Gasteiger partial charge is 0.379 e. The number of ether oxygens (including phenoxy) is 1. The first-order chi connectivity index (χ1) is 9.27. The van der Waals surface area contributed by atoms with Crippen LogP contribution in [0.5, 0.6) is 0 Å². The highest BCUT2D eigenvalue weighted by Crippen LogP contribution is 2.28. The van der Waals surface area contributed by atoms with Gasteiger partial charge in [-0.1, -0.05) is 30.7 Å². The fraction of sp³-hybridized carbons (Fsp3) is 0.647. The molecule has 1 aromatic rings. The van der Waals surface area contributed by atoms with Crippen LogP contribution in [0.1, 0.15) is 56.7 Å². The zero-order valence-electron chi connectivity index (χ0n) is 12.3. The predicted octanol–water partition coefficient (Wildman–Crippen LogP) is 3.86. The lowest BCUT2D eigenvalue weighted by atomic mass is 9.99. The van der Waals surface area contributed by atoms with Crippen molar-refractivity contribution in [3.05, 3.63) is 35.4 Å². The number of aryl methyl sites for hydroxylation is 1. The van der Waals surface area contributed by atoms with Gasteiger partial charge in [0, 0.05) is 12.6 Å². The Hall–Kier alpha value is -0.860. The second kappa shape index (κ2) is 7.66. The molecule has 1 aliphatic rings. The van der Waals surface area contributed by atoms with Crippen molar-refractivity contribution >= 4 is 0 Å². The van der Waals surface area contributed by atoms with E-state index < -0.39 is 0 Å². The van der Waals surface area contributed by atoms with Crippen molar-refractivity contribution in [2.24, 2.45) is 0 Å². The third-order valence-corrected chi connectivity index (χ3v) is 3.78. The third-order valence-electron chi connectivity index (χ3n) is 3.78. The lowest BCUT2D eigenvalue weighted by Gasteiger charge is -2.19. The molecule has 0 spiro atoms. The van der Waals surface area contributed by atoms with E-state index in [2.05, 4.69) is 43.4 Å². The molecule has 2 nitrogen and oxygen atoms in total. The number of nitrogens with one attached hydrogen (secondary N) is 1. The molecule has 0 aromatic heterocycles. The molecule has 19 heavy (non-hydrogen) atoms. The van der Waals surface area contributed by atoms with Crippen molar-refractivity contribution in [3.8, 4) is 0 Å². The van der Waals surface area contributed by atoms with Gasteiger partial charge < -0.3 is 10.1 Å². The molecule has 1 aliphatic carbocycles. The first-order valence-corrected chi connectivity index (χ1v) is 7.70. The summed E-state index contributed by atoms with van der Waals surface area (Å²) < 4.78 is 5.59. The smallest absolute Gasteiger partial charge is 0.0518 e. The molecule has 0 saturated heterocycles. The van der Waals surface area contributed by atoms with E-state index in [-0.39, 0.29) is 0 Å². The van der Waals surface area contributed by atoms with Gasteiger partial charge in [0.1, 0.15) is 0 Å². The summed E-state index contributed by atoms with van der Waals surface area (Å²) in [5, 5.41) is 3.71. The Bertz CT molecular complexity index is 375. The standard InChI is InChI=1S/C17H27NO/c1-14(2)19-13-7-12-18-17-11-6-4-9-15-8-3-5-10-16(15)17/h3,5,8,10,14,17-18H,4,6-7,9,11-13H2,1-2H3. The van der Waals surface area contributed by atoms with E-state index in [0.29, 0.717) is 12.1 Å². The van der Waals surface area contributed by atoms with Crippen LogP contribution < -0.4 is 5.32 Å². The van der Waals surface area contributed by atoms with E-state index in [9.17, 15) is 0 Å². The molecule has 1 unspecified atom stereocenters. The predicted molar refractivity (Wildman–Crippen MR) is 80.4 cm³/mol. The maximum absolute atomic E-state index is 5.59. The molecule has 0 fully saturated rings. The SMILES string of the molecule is CC(C)OCCCNC1CCCCc2ccccc21. The Labute approximate surface area is 117 Å². The lowest BCUT2D eigenvalue weighted by molar-refractivity contribution is 0.0766. The summed E-state index contributed by atoms with van der Waals surface area (Å²) in [6, 6.07) is 9.45. The Morgan fingerprint density at radius 1 is 1.26 bits per heavy atom. The van der Waals surface area contributed by atoms with Gasteiger partial charge in [0.25, 0.3) is 0 Å². The maximum Gasteiger partial charge on any atom is 0.0518 e. The summed E-state index contributed by atoms with van der Waals surface area (Å²) in [6.07, 6.45) is 6.60. The Kier molecular flexibility index (Phi) is 5.87. The first kappa shape index (κ1) is 14.5. The van der Waals surface area contributed by atoms with E-state index in [1.807, 2.05) is 0 Å². The van der Waals surface area contributed by atoms with Crippen molar-refractivity contribution in [2.75, 3.05) is 13.2 Å². The minimum absolute atomic E-state index is 0.346. The molecular formula is C17H27NO. The summed E-state index contributed by atoms with van der Waals surface area (Å²) >= 11 is 0. The average Bonchev–Trinajstić information content (AvgIpc) is 2.61. The van der Waals surface area contributed by atoms with Crippen LogP contribution in [0.25, 0.3) is 0 Å². The summed E-state index contributed by atoms with van der Waals surface area (Å²) in [6.45, 7) is 6.09. The summed E-state index contributed by atoms with van der Waals surface area (Å²) in [5.41, 5.74) is 3.06. The minimum atomic E-state index is 0.346. The molecule has 106 valence electrons. The molecule has 0 amide bonds. The zero-order valence-corrected chi connectivity index (χ0v) is 12.3. The maximum atomic E-state index is 5.59. The number of hydrogen-bond acceptors (Lipinski definition) is 2. The molecule has 0 heterocycles. The van der Waals surface area contributed by atoms with Crippen LogP contribution in [0.3, 0.4) is 0 Å². The second-order valence-electron chi connectivity index (χ2n) is 5.72. The molecule has 0 radical (unpaired) electrons. The van der Waals surface area contributed by atoms with Crippen LogP contribution in [-0.2, 0) is 11.2 Å². The number of rotatable bonds is 6. The number of fused-ring (bicyclic) bond motifs is 1. The Balaban J connectivity index is 1.83. The van der Waals surface area contributed by atoms with E-state index in [4.69, 9.17) is 4.74 Å². The average molecular weight is 261 g/mol. The fourth-order valence-corrected chi connectivity index (χ4v) is 2.80. The van der Waals surface area contributed by atoms with Crippen molar-refractivity contribution in [1.82, 2.24) is 5.32 Å². The van der Waals surface area contributed by atoms with Crippen molar-refractivity contribution in [2.45, 2.75) is 58.1 Å². The topological polar surface area (TPSA) is 21.3 Å². The van der Waals surface area contributed by atoms with E-state index >= 15 is 0 Å². The fourth-order valence-electron chi connectivity index (χ4n) is 2.80. The molecule has 1 aromatic carbocycles. The van der Waals surface area contributed by atoms with Gasteiger partial charge in [-0.2, -0.15) is 0 Å². The highest BCUT2D eigenvalue weighted by Gasteiger charge is 2.17. The third kappa shape index (κ3) is 4.63. The Morgan fingerprint density at radius 3 is 2.95 bits per heavy atom. The first-order valence-electron chi connectivity index (χ1n) is 7.70. The summed E-state index contributed by atoms with van der Waals surface area (Å²) in [4.78, 5) is 0. The molecule has 2 rings (SSSR count). The molecule has 1 N–H and O–H groups in total. The molecule has 1 atom stereocenters. The molecule has 0 bridgehead atoms. The van der Waals surface area contributed by atoms with Gasteiger partial charge in [-0.3, -0.25) is 0 Å². The normalized spacial score (nSPS) is 19.2. The highest BCUT2D eigenvalue weighted by molar-refractivity contribution is 5.31. The zero-order chi connectivity index (χ0) is 13.5. The molecule has 0 aliphatic heterocycles. The minimum Gasteiger partial charge on any atom is -0.379 e. The van der Waals surface area contributed by atoms with Crippen LogP contribution in [-0.4, -0.2) is 19.3 Å². The number of benzene rings is 1. The van der Waals surface area contributed by atoms with Crippen molar-refractivity contribution < 1.29 is 4.74 Å².